The zero-order valence-electron chi connectivity index (χ0n) is 16.2. The third kappa shape index (κ3) is 4.60. The lowest BCUT2D eigenvalue weighted by Crippen LogP contribution is -2.43. The van der Waals surface area contributed by atoms with E-state index in [0.717, 1.165) is 48.6 Å². The lowest BCUT2D eigenvalue weighted by Gasteiger charge is -2.29. The van der Waals surface area contributed by atoms with Crippen LogP contribution in [0.1, 0.15) is 21.5 Å². The predicted molar refractivity (Wildman–Crippen MR) is 122 cm³/mol. The van der Waals surface area contributed by atoms with E-state index in [4.69, 9.17) is 32.9 Å². The molecular weight excluding hydrogens is 449 g/mol. The summed E-state index contributed by atoms with van der Waals surface area (Å²) in [4.78, 5) is 22.2. The third-order valence-corrected chi connectivity index (χ3v) is 7.44. The van der Waals surface area contributed by atoms with Gasteiger partial charge in [0.15, 0.2) is 5.13 Å². The van der Waals surface area contributed by atoms with E-state index in [9.17, 15) is 4.79 Å². The molecule has 3 aromatic rings. The van der Waals surface area contributed by atoms with Gasteiger partial charge in [-0.1, -0.05) is 40.6 Å². The lowest BCUT2D eigenvalue weighted by atomic mass is 10.1. The minimum Gasteiger partial charge on any atom is -0.379 e. The number of anilines is 1. The molecule has 0 N–H and O–H groups in total. The zero-order valence-corrected chi connectivity index (χ0v) is 19.4. The first-order chi connectivity index (χ1) is 13.9. The van der Waals surface area contributed by atoms with Crippen LogP contribution in [0.15, 0.2) is 18.2 Å². The van der Waals surface area contributed by atoms with Crippen molar-refractivity contribution >= 4 is 67.1 Å². The number of ether oxygens (including phenoxy) is 1. The molecule has 1 amide bonds. The van der Waals surface area contributed by atoms with Gasteiger partial charge in [-0.2, -0.15) is 0 Å². The number of aryl methyl sites for hydroxylation is 2. The molecule has 29 heavy (non-hydrogen) atoms. The van der Waals surface area contributed by atoms with E-state index in [1.165, 1.54) is 28.2 Å². The summed E-state index contributed by atoms with van der Waals surface area (Å²) in [6.45, 7) is 8.57. The molecular formula is C20H21Cl2N3O2S2. The average Bonchev–Trinajstić information content (AvgIpc) is 3.25. The van der Waals surface area contributed by atoms with Crippen LogP contribution in [-0.4, -0.2) is 55.2 Å². The highest BCUT2D eigenvalue weighted by Crippen LogP contribution is 2.36. The number of aromatic nitrogens is 1. The number of amides is 1. The Kier molecular flexibility index (Phi) is 6.44. The first-order valence-corrected chi connectivity index (χ1v) is 11.8. The minimum atomic E-state index is -0.167. The summed E-state index contributed by atoms with van der Waals surface area (Å²) < 4.78 is 7.42. The van der Waals surface area contributed by atoms with E-state index in [0.29, 0.717) is 25.9 Å². The van der Waals surface area contributed by atoms with Gasteiger partial charge in [0.05, 0.1) is 33.3 Å². The largest absolute Gasteiger partial charge is 0.379 e. The quantitative estimate of drug-likeness (QED) is 0.510. The molecule has 0 radical (unpaired) electrons. The van der Waals surface area contributed by atoms with Crippen LogP contribution in [0.3, 0.4) is 0 Å². The number of carbonyl (C=O) groups excluding carboxylic acids is 1. The number of halogens is 2. The monoisotopic (exact) mass is 469 g/mol. The number of rotatable bonds is 5. The van der Waals surface area contributed by atoms with Crippen LogP contribution in [0.25, 0.3) is 10.2 Å². The van der Waals surface area contributed by atoms with Crippen molar-refractivity contribution in [1.82, 2.24) is 9.88 Å². The maximum Gasteiger partial charge on any atom is 0.262 e. The Morgan fingerprint density at radius 1 is 1.21 bits per heavy atom. The number of hydrogen-bond donors (Lipinski definition) is 0. The molecule has 1 saturated heterocycles. The topological polar surface area (TPSA) is 45.7 Å². The van der Waals surface area contributed by atoms with Crippen molar-refractivity contribution in [3.8, 4) is 0 Å². The minimum absolute atomic E-state index is 0.167. The summed E-state index contributed by atoms with van der Waals surface area (Å²) in [6.07, 6.45) is 0. The molecule has 3 heterocycles. The first kappa shape index (κ1) is 21.0. The fraction of sp³-hybridized carbons (Fsp3) is 0.400. The van der Waals surface area contributed by atoms with E-state index >= 15 is 0 Å². The second-order valence-electron chi connectivity index (χ2n) is 7.07. The number of morpholine rings is 1. The van der Waals surface area contributed by atoms with Gasteiger partial charge in [0.1, 0.15) is 4.34 Å². The van der Waals surface area contributed by atoms with Crippen LogP contribution in [0.5, 0.6) is 0 Å². The maximum absolute atomic E-state index is 13.4. The number of benzene rings is 1. The fourth-order valence-electron chi connectivity index (χ4n) is 3.46. The lowest BCUT2D eigenvalue weighted by molar-refractivity contribution is 0.0391. The molecule has 1 aliphatic rings. The van der Waals surface area contributed by atoms with Gasteiger partial charge in [-0.3, -0.25) is 14.6 Å². The molecule has 154 valence electrons. The summed E-state index contributed by atoms with van der Waals surface area (Å²) in [5.74, 6) is -0.167. The van der Waals surface area contributed by atoms with Crippen molar-refractivity contribution in [2.24, 2.45) is 0 Å². The molecule has 1 aliphatic heterocycles. The van der Waals surface area contributed by atoms with Gasteiger partial charge in [-0.05, 0) is 37.1 Å². The highest BCUT2D eigenvalue weighted by Gasteiger charge is 2.26. The van der Waals surface area contributed by atoms with Gasteiger partial charge < -0.3 is 4.74 Å². The molecule has 0 aliphatic carbocycles. The SMILES string of the molecule is Cc1cc(C)c2nc(N(CCN3CCOCC3)C(=O)c3cc(Cl)sc3Cl)sc2c1. The van der Waals surface area contributed by atoms with Crippen molar-refractivity contribution in [2.45, 2.75) is 13.8 Å². The predicted octanol–water partition coefficient (Wildman–Crippen LogP) is 5.26. The molecule has 0 spiro atoms. The number of thiazole rings is 1. The van der Waals surface area contributed by atoms with Crippen molar-refractivity contribution in [2.75, 3.05) is 44.3 Å². The summed E-state index contributed by atoms with van der Waals surface area (Å²) in [6, 6.07) is 5.87. The number of fused-ring (bicyclic) bond motifs is 1. The first-order valence-electron chi connectivity index (χ1n) is 9.37. The van der Waals surface area contributed by atoms with Crippen LogP contribution in [0, 0.1) is 13.8 Å². The van der Waals surface area contributed by atoms with Gasteiger partial charge in [0.25, 0.3) is 5.91 Å². The standard InChI is InChI=1S/C20H21Cl2N3O2S2/c1-12-9-13(2)17-15(10-12)28-20(23-17)25(4-3-24-5-7-27-8-6-24)19(26)14-11-16(21)29-18(14)22/h9-11H,3-8H2,1-2H3. The molecule has 9 heteroatoms. The normalized spacial score (nSPS) is 15.2. The average molecular weight is 470 g/mol. The Labute approximate surface area is 187 Å². The number of nitrogens with zero attached hydrogens (tertiary/aromatic N) is 3. The van der Waals surface area contributed by atoms with Crippen molar-refractivity contribution in [1.29, 1.82) is 0 Å². The molecule has 4 rings (SSSR count). The molecule has 5 nitrogen and oxygen atoms in total. The van der Waals surface area contributed by atoms with Crippen LogP contribution in [0.2, 0.25) is 8.67 Å². The Morgan fingerprint density at radius 2 is 1.97 bits per heavy atom. The van der Waals surface area contributed by atoms with E-state index in [1.54, 1.807) is 11.0 Å². The Hall–Kier alpha value is -1.22. The van der Waals surface area contributed by atoms with Gasteiger partial charge in [-0.15, -0.1) is 11.3 Å². The number of carbonyl (C=O) groups is 1. The highest BCUT2D eigenvalue weighted by molar-refractivity contribution is 7.22. The number of hydrogen-bond acceptors (Lipinski definition) is 6. The fourth-order valence-corrected chi connectivity index (χ4v) is 6.07. The van der Waals surface area contributed by atoms with Crippen LogP contribution in [-0.2, 0) is 4.74 Å². The smallest absolute Gasteiger partial charge is 0.262 e. The Bertz CT molecular complexity index is 1040. The van der Waals surface area contributed by atoms with Crippen molar-refractivity contribution < 1.29 is 9.53 Å². The van der Waals surface area contributed by atoms with Crippen molar-refractivity contribution in [3.63, 3.8) is 0 Å². The molecule has 1 aromatic carbocycles. The number of thiophene rings is 1. The van der Waals surface area contributed by atoms with Crippen LogP contribution in [0.4, 0.5) is 5.13 Å². The maximum atomic E-state index is 13.4. The summed E-state index contributed by atoms with van der Waals surface area (Å²) >= 11 is 15.1. The van der Waals surface area contributed by atoms with E-state index < -0.39 is 0 Å². The third-order valence-electron chi connectivity index (χ3n) is 4.93. The van der Waals surface area contributed by atoms with Gasteiger partial charge in [0, 0.05) is 26.2 Å². The molecule has 0 unspecified atom stereocenters. The van der Waals surface area contributed by atoms with E-state index in [2.05, 4.69) is 24.0 Å². The van der Waals surface area contributed by atoms with Gasteiger partial charge in [0.2, 0.25) is 0 Å². The molecule has 0 saturated carbocycles. The van der Waals surface area contributed by atoms with E-state index in [-0.39, 0.29) is 5.91 Å². The Balaban J connectivity index is 1.68. The van der Waals surface area contributed by atoms with Crippen molar-refractivity contribution in [3.05, 3.63) is 43.6 Å². The highest BCUT2D eigenvalue weighted by atomic mass is 35.5. The summed E-state index contributed by atoms with van der Waals surface area (Å²) in [7, 11) is 0. The summed E-state index contributed by atoms with van der Waals surface area (Å²) in [5.41, 5.74) is 3.66. The zero-order chi connectivity index (χ0) is 20.5. The molecule has 2 aromatic heterocycles. The van der Waals surface area contributed by atoms with Gasteiger partial charge >= 0.3 is 0 Å². The molecule has 0 atom stereocenters. The second kappa shape index (κ2) is 8.88. The van der Waals surface area contributed by atoms with E-state index in [1.807, 2.05) is 6.92 Å². The summed E-state index contributed by atoms with van der Waals surface area (Å²) in [5, 5.41) is 0.686. The van der Waals surface area contributed by atoms with Crippen LogP contribution < -0.4 is 4.90 Å². The molecule has 1 fully saturated rings. The Morgan fingerprint density at radius 3 is 2.66 bits per heavy atom. The molecule has 0 bridgehead atoms. The van der Waals surface area contributed by atoms with Crippen LogP contribution >= 0.6 is 45.9 Å². The second-order valence-corrected chi connectivity index (χ2v) is 10.4. The van der Waals surface area contributed by atoms with Gasteiger partial charge in [-0.25, -0.2) is 4.98 Å².